The Hall–Kier alpha value is -2.61. The van der Waals surface area contributed by atoms with Crippen LogP contribution in [-0.4, -0.2) is 37.0 Å². The first-order valence-electron chi connectivity index (χ1n) is 7.42. The number of amides is 3. The number of hydrazine groups is 1. The highest BCUT2D eigenvalue weighted by Gasteiger charge is 2.22. The van der Waals surface area contributed by atoms with Gasteiger partial charge in [-0.15, -0.1) is 0 Å². The summed E-state index contributed by atoms with van der Waals surface area (Å²) in [4.78, 5) is 34.6. The second kappa shape index (κ2) is 8.74. The highest BCUT2D eigenvalue weighted by atomic mass is 16.5. The molecule has 8 heteroatoms. The van der Waals surface area contributed by atoms with E-state index in [2.05, 4.69) is 21.5 Å². The summed E-state index contributed by atoms with van der Waals surface area (Å²) < 4.78 is 4.96. The third-order valence-corrected chi connectivity index (χ3v) is 3.31. The largest absolute Gasteiger partial charge is 0.445 e. The number of rotatable bonds is 5. The monoisotopic (exact) mass is 320 g/mol. The summed E-state index contributed by atoms with van der Waals surface area (Å²) in [5.74, 6) is -0.824. The van der Waals surface area contributed by atoms with Crippen LogP contribution in [0, 0.1) is 0 Å². The van der Waals surface area contributed by atoms with Crippen LogP contribution in [0.4, 0.5) is 4.79 Å². The molecular formula is C15H20N4O4. The molecule has 1 atom stereocenters. The van der Waals surface area contributed by atoms with Crippen molar-refractivity contribution in [2.24, 2.45) is 0 Å². The molecule has 1 heterocycles. The van der Waals surface area contributed by atoms with Crippen molar-refractivity contribution in [3.05, 3.63) is 35.9 Å². The molecule has 1 aromatic carbocycles. The lowest BCUT2D eigenvalue weighted by Gasteiger charge is -2.12. The number of carbonyl (C=O) groups is 3. The molecule has 0 saturated carbocycles. The van der Waals surface area contributed by atoms with Gasteiger partial charge in [-0.05, 0) is 24.9 Å². The fourth-order valence-electron chi connectivity index (χ4n) is 2.10. The Morgan fingerprint density at radius 3 is 2.65 bits per heavy atom. The molecule has 0 aromatic heterocycles. The van der Waals surface area contributed by atoms with E-state index < -0.39 is 12.0 Å². The van der Waals surface area contributed by atoms with Crippen LogP contribution in [0.25, 0.3) is 0 Å². The molecule has 0 aliphatic carbocycles. The van der Waals surface area contributed by atoms with Gasteiger partial charge in [-0.2, -0.15) is 0 Å². The van der Waals surface area contributed by atoms with Gasteiger partial charge < -0.3 is 15.4 Å². The van der Waals surface area contributed by atoms with Crippen molar-refractivity contribution in [1.82, 2.24) is 21.5 Å². The molecule has 1 fully saturated rings. The molecule has 0 spiro atoms. The molecule has 0 bridgehead atoms. The van der Waals surface area contributed by atoms with Crippen LogP contribution < -0.4 is 21.5 Å². The average Bonchev–Trinajstić information content (AvgIpc) is 3.11. The van der Waals surface area contributed by atoms with Crippen LogP contribution in [0.3, 0.4) is 0 Å². The molecule has 0 unspecified atom stereocenters. The lowest BCUT2D eigenvalue weighted by Crippen LogP contribution is -2.51. The van der Waals surface area contributed by atoms with Gasteiger partial charge in [-0.3, -0.25) is 20.4 Å². The Labute approximate surface area is 133 Å². The van der Waals surface area contributed by atoms with Crippen LogP contribution in [0.1, 0.15) is 18.4 Å². The minimum Gasteiger partial charge on any atom is -0.445 e. The maximum absolute atomic E-state index is 11.6. The minimum atomic E-state index is -0.701. The summed E-state index contributed by atoms with van der Waals surface area (Å²) in [5, 5.41) is 5.32. The van der Waals surface area contributed by atoms with Crippen molar-refractivity contribution in [3.8, 4) is 0 Å². The number of ether oxygens (including phenoxy) is 1. The van der Waals surface area contributed by atoms with E-state index in [1.165, 1.54) is 0 Å². The van der Waals surface area contributed by atoms with Gasteiger partial charge in [0.25, 0.3) is 11.8 Å². The third-order valence-electron chi connectivity index (χ3n) is 3.31. The Kier molecular flexibility index (Phi) is 6.37. The summed E-state index contributed by atoms with van der Waals surface area (Å²) in [6, 6.07) is 8.92. The summed E-state index contributed by atoms with van der Waals surface area (Å²) in [7, 11) is 0. The minimum absolute atomic E-state index is 0.123. The molecule has 0 radical (unpaired) electrons. The Morgan fingerprint density at radius 1 is 1.17 bits per heavy atom. The predicted octanol–water partition coefficient (Wildman–Crippen LogP) is -0.188. The van der Waals surface area contributed by atoms with Crippen LogP contribution in [0.5, 0.6) is 0 Å². The molecular weight excluding hydrogens is 300 g/mol. The van der Waals surface area contributed by atoms with Crippen molar-refractivity contribution in [1.29, 1.82) is 0 Å². The number of hydrogen-bond acceptors (Lipinski definition) is 5. The first-order chi connectivity index (χ1) is 11.1. The fourth-order valence-corrected chi connectivity index (χ4v) is 2.10. The predicted molar refractivity (Wildman–Crippen MR) is 81.9 cm³/mol. The molecule has 8 nitrogen and oxygen atoms in total. The van der Waals surface area contributed by atoms with Crippen LogP contribution in [-0.2, 0) is 20.9 Å². The van der Waals surface area contributed by atoms with E-state index in [0.29, 0.717) is 0 Å². The van der Waals surface area contributed by atoms with E-state index in [4.69, 9.17) is 4.74 Å². The average molecular weight is 320 g/mol. The van der Waals surface area contributed by atoms with E-state index in [1.54, 1.807) is 0 Å². The van der Waals surface area contributed by atoms with E-state index >= 15 is 0 Å². The number of alkyl carbamates (subject to hydrolysis) is 1. The highest BCUT2D eigenvalue weighted by molar-refractivity contribution is 5.87. The summed E-state index contributed by atoms with van der Waals surface area (Å²) in [6.07, 6.45) is 0.972. The Balaban J connectivity index is 1.58. The number of nitrogens with one attached hydrogen (secondary N) is 4. The molecule has 1 saturated heterocycles. The van der Waals surface area contributed by atoms with Crippen molar-refractivity contribution in [2.75, 3.05) is 13.1 Å². The quantitative estimate of drug-likeness (QED) is 0.563. The summed E-state index contributed by atoms with van der Waals surface area (Å²) >= 11 is 0. The van der Waals surface area contributed by atoms with Crippen molar-refractivity contribution < 1.29 is 19.1 Å². The maximum atomic E-state index is 11.6. The van der Waals surface area contributed by atoms with E-state index in [9.17, 15) is 14.4 Å². The van der Waals surface area contributed by atoms with Crippen LogP contribution in [0.15, 0.2) is 30.3 Å². The van der Waals surface area contributed by atoms with Gasteiger partial charge >= 0.3 is 6.09 Å². The lowest BCUT2D eigenvalue weighted by atomic mass is 10.2. The van der Waals surface area contributed by atoms with Gasteiger partial charge in [-0.25, -0.2) is 4.79 Å². The first-order valence-corrected chi connectivity index (χ1v) is 7.42. The molecule has 23 heavy (non-hydrogen) atoms. The second-order valence-electron chi connectivity index (χ2n) is 5.10. The highest BCUT2D eigenvalue weighted by Crippen LogP contribution is 2.03. The zero-order chi connectivity index (χ0) is 16.5. The van der Waals surface area contributed by atoms with Crippen LogP contribution in [0.2, 0.25) is 0 Å². The zero-order valence-electron chi connectivity index (χ0n) is 12.6. The second-order valence-corrected chi connectivity index (χ2v) is 5.10. The number of carbonyl (C=O) groups excluding carboxylic acids is 3. The smallest absolute Gasteiger partial charge is 0.407 e. The van der Waals surface area contributed by atoms with Crippen molar-refractivity contribution in [2.45, 2.75) is 25.5 Å². The molecule has 2 rings (SSSR count). The normalized spacial score (nSPS) is 16.4. The van der Waals surface area contributed by atoms with Gasteiger partial charge in [0.05, 0.1) is 6.04 Å². The van der Waals surface area contributed by atoms with Crippen LogP contribution >= 0.6 is 0 Å². The SMILES string of the molecule is O=C(CNC(=O)OCc1ccccc1)NNC(=O)[C@@H]1CCCN1. The van der Waals surface area contributed by atoms with Gasteiger partial charge in [-0.1, -0.05) is 30.3 Å². The molecule has 1 aromatic rings. The Morgan fingerprint density at radius 2 is 1.96 bits per heavy atom. The summed E-state index contributed by atoms with van der Waals surface area (Å²) in [6.45, 7) is 0.630. The zero-order valence-corrected chi connectivity index (χ0v) is 12.6. The summed E-state index contributed by atoms with van der Waals surface area (Å²) in [5.41, 5.74) is 5.40. The topological polar surface area (TPSA) is 109 Å². The lowest BCUT2D eigenvalue weighted by molar-refractivity contribution is -0.129. The van der Waals surface area contributed by atoms with Gasteiger partial charge in [0.1, 0.15) is 13.2 Å². The number of benzene rings is 1. The van der Waals surface area contributed by atoms with Gasteiger partial charge in [0.2, 0.25) is 0 Å². The van der Waals surface area contributed by atoms with E-state index in [1.807, 2.05) is 30.3 Å². The first kappa shape index (κ1) is 16.8. The maximum Gasteiger partial charge on any atom is 0.407 e. The molecule has 3 amide bonds. The molecule has 1 aliphatic heterocycles. The van der Waals surface area contributed by atoms with Gasteiger partial charge in [0.15, 0.2) is 0 Å². The third kappa shape index (κ3) is 5.95. The molecule has 124 valence electrons. The van der Waals surface area contributed by atoms with Crippen molar-refractivity contribution in [3.63, 3.8) is 0 Å². The fraction of sp³-hybridized carbons (Fsp3) is 0.400. The standard InChI is InChI=1S/C15H20N4O4/c20-13(18-19-14(21)12-7-4-8-16-12)9-17-15(22)23-10-11-5-2-1-3-6-11/h1-3,5-6,12,16H,4,7-10H2,(H,17,22)(H,18,20)(H,19,21)/t12-/m0/s1. The van der Waals surface area contributed by atoms with Crippen molar-refractivity contribution >= 4 is 17.9 Å². The molecule has 4 N–H and O–H groups in total. The number of hydrogen-bond donors (Lipinski definition) is 4. The molecule has 1 aliphatic rings. The van der Waals surface area contributed by atoms with Gasteiger partial charge in [0, 0.05) is 0 Å². The van der Waals surface area contributed by atoms with E-state index in [-0.39, 0.29) is 25.1 Å². The Bertz CT molecular complexity index is 544. The van der Waals surface area contributed by atoms with E-state index in [0.717, 1.165) is 24.9 Å².